The van der Waals surface area contributed by atoms with Gasteiger partial charge in [0.05, 0.1) is 7.11 Å². The average molecular weight is 223 g/mol. The lowest BCUT2D eigenvalue weighted by molar-refractivity contribution is -0.119. The lowest BCUT2D eigenvalue weighted by Gasteiger charge is -2.13. The van der Waals surface area contributed by atoms with Crippen LogP contribution < -0.4 is 0 Å². The number of unbranched alkanes of at least 4 members (excludes halogenated alkanes) is 1. The summed E-state index contributed by atoms with van der Waals surface area (Å²) in [5, 5.41) is 8.96. The molecule has 0 N–H and O–H groups in total. The van der Waals surface area contributed by atoms with Crippen molar-refractivity contribution in [3.63, 3.8) is 0 Å². The van der Waals surface area contributed by atoms with E-state index in [1.54, 1.807) is 6.92 Å². The van der Waals surface area contributed by atoms with Crippen LogP contribution in [-0.2, 0) is 9.53 Å². The number of hydrogen-bond donors (Lipinski definition) is 0. The molecule has 0 spiro atoms. The van der Waals surface area contributed by atoms with Gasteiger partial charge in [-0.25, -0.2) is 0 Å². The van der Waals surface area contributed by atoms with Gasteiger partial charge < -0.3 is 4.74 Å². The lowest BCUT2D eigenvalue weighted by Crippen LogP contribution is -2.17. The maximum atomic E-state index is 12.1. The summed E-state index contributed by atoms with van der Waals surface area (Å²) in [6.45, 7) is 5.73. The van der Waals surface area contributed by atoms with Crippen molar-refractivity contribution < 1.29 is 9.53 Å². The molecule has 16 heavy (non-hydrogen) atoms. The predicted molar refractivity (Wildman–Crippen MR) is 63.6 cm³/mol. The minimum absolute atomic E-state index is 0.0419. The smallest absolute Gasteiger partial charge is 0.179 e. The zero-order valence-corrected chi connectivity index (χ0v) is 10.7. The Morgan fingerprint density at radius 3 is 2.44 bits per heavy atom. The van der Waals surface area contributed by atoms with E-state index in [0.717, 1.165) is 25.7 Å². The Bertz CT molecular complexity index is 300. The standard InChI is InChI=1S/C13H21NO2/c1-5-7-8-11(6-2)13(15)12(9-14)10(3)16-4/h11H,5-8H2,1-4H3. The molecular weight excluding hydrogens is 202 g/mol. The van der Waals surface area contributed by atoms with Crippen molar-refractivity contribution >= 4 is 5.78 Å². The summed E-state index contributed by atoms with van der Waals surface area (Å²) < 4.78 is 4.96. The summed E-state index contributed by atoms with van der Waals surface area (Å²) in [5.74, 6) is 0.306. The first-order valence-electron chi connectivity index (χ1n) is 5.81. The Morgan fingerprint density at radius 1 is 1.44 bits per heavy atom. The highest BCUT2D eigenvalue weighted by Gasteiger charge is 2.22. The molecule has 0 bridgehead atoms. The van der Waals surface area contributed by atoms with Crippen LogP contribution in [0.3, 0.4) is 0 Å². The second-order valence-corrected chi connectivity index (χ2v) is 3.86. The first-order valence-corrected chi connectivity index (χ1v) is 5.81. The number of nitrogens with zero attached hydrogens (tertiary/aromatic N) is 1. The molecule has 3 nitrogen and oxygen atoms in total. The maximum absolute atomic E-state index is 12.1. The molecule has 0 heterocycles. The fourth-order valence-electron chi connectivity index (χ4n) is 1.58. The summed E-state index contributed by atoms with van der Waals surface area (Å²) in [7, 11) is 1.48. The van der Waals surface area contributed by atoms with Gasteiger partial charge in [-0.05, 0) is 19.8 Å². The van der Waals surface area contributed by atoms with Crippen LogP contribution >= 0.6 is 0 Å². The van der Waals surface area contributed by atoms with Crippen molar-refractivity contribution in [1.29, 1.82) is 5.26 Å². The van der Waals surface area contributed by atoms with Gasteiger partial charge in [-0.1, -0.05) is 26.7 Å². The van der Waals surface area contributed by atoms with E-state index in [-0.39, 0.29) is 17.3 Å². The van der Waals surface area contributed by atoms with E-state index < -0.39 is 0 Å². The third-order valence-electron chi connectivity index (χ3n) is 2.79. The van der Waals surface area contributed by atoms with Crippen molar-refractivity contribution in [1.82, 2.24) is 0 Å². The normalized spacial score (nSPS) is 13.7. The van der Waals surface area contributed by atoms with Crippen LogP contribution in [0, 0.1) is 17.2 Å². The Labute approximate surface area is 98.1 Å². The number of carbonyl (C=O) groups is 1. The van der Waals surface area contributed by atoms with Gasteiger partial charge in [-0.3, -0.25) is 4.79 Å². The molecule has 0 aromatic rings. The minimum Gasteiger partial charge on any atom is -0.500 e. The van der Waals surface area contributed by atoms with Gasteiger partial charge in [0.1, 0.15) is 17.4 Å². The van der Waals surface area contributed by atoms with Crippen LogP contribution in [0.5, 0.6) is 0 Å². The van der Waals surface area contributed by atoms with Crippen molar-refractivity contribution in [3.8, 4) is 6.07 Å². The van der Waals surface area contributed by atoms with Crippen LogP contribution in [0.2, 0.25) is 0 Å². The number of allylic oxidation sites excluding steroid dienone is 2. The molecule has 0 aromatic carbocycles. The van der Waals surface area contributed by atoms with Crippen molar-refractivity contribution in [2.24, 2.45) is 5.92 Å². The van der Waals surface area contributed by atoms with E-state index in [1.807, 2.05) is 13.0 Å². The topological polar surface area (TPSA) is 50.1 Å². The van der Waals surface area contributed by atoms with Crippen molar-refractivity contribution in [2.45, 2.75) is 46.5 Å². The van der Waals surface area contributed by atoms with Gasteiger partial charge >= 0.3 is 0 Å². The number of hydrogen-bond acceptors (Lipinski definition) is 3. The third kappa shape index (κ3) is 4.06. The van der Waals surface area contributed by atoms with Gasteiger partial charge in [0.15, 0.2) is 5.78 Å². The van der Waals surface area contributed by atoms with Crippen LogP contribution in [0.25, 0.3) is 0 Å². The molecule has 1 atom stereocenters. The quantitative estimate of drug-likeness (QED) is 0.378. The first kappa shape index (κ1) is 14.7. The molecule has 0 saturated heterocycles. The number of ether oxygens (including phenoxy) is 1. The van der Waals surface area contributed by atoms with Gasteiger partial charge in [-0.15, -0.1) is 0 Å². The second kappa shape index (κ2) is 7.92. The summed E-state index contributed by atoms with van der Waals surface area (Å²) in [6, 6.07) is 1.95. The number of methoxy groups -OCH3 is 1. The predicted octanol–water partition coefficient (Wildman–Crippen LogP) is 3.22. The first-order chi connectivity index (χ1) is 7.62. The van der Waals surface area contributed by atoms with E-state index in [9.17, 15) is 4.79 Å². The Balaban J connectivity index is 4.80. The molecule has 0 aliphatic rings. The third-order valence-corrected chi connectivity index (χ3v) is 2.79. The summed E-state index contributed by atoms with van der Waals surface area (Å²) in [4.78, 5) is 12.1. The monoisotopic (exact) mass is 223 g/mol. The van der Waals surface area contributed by atoms with Gasteiger partial charge in [0.2, 0.25) is 0 Å². The molecule has 0 aliphatic heterocycles. The highest BCUT2D eigenvalue weighted by Crippen LogP contribution is 2.19. The number of Topliss-reactive ketones (excluding diaryl/α,β-unsaturated/α-hetero) is 1. The van der Waals surface area contributed by atoms with Crippen LogP contribution in [-0.4, -0.2) is 12.9 Å². The number of carbonyl (C=O) groups excluding carboxylic acids is 1. The highest BCUT2D eigenvalue weighted by molar-refractivity contribution is 6.01. The molecule has 0 fully saturated rings. The molecule has 0 aromatic heterocycles. The van der Waals surface area contributed by atoms with E-state index in [2.05, 4.69) is 6.92 Å². The van der Waals surface area contributed by atoms with Crippen LogP contribution in [0.15, 0.2) is 11.3 Å². The largest absolute Gasteiger partial charge is 0.500 e. The molecule has 3 heteroatoms. The highest BCUT2D eigenvalue weighted by atomic mass is 16.5. The second-order valence-electron chi connectivity index (χ2n) is 3.86. The summed E-state index contributed by atoms with van der Waals surface area (Å²) in [5.41, 5.74) is 0.172. The zero-order chi connectivity index (χ0) is 12.6. The summed E-state index contributed by atoms with van der Waals surface area (Å²) in [6.07, 6.45) is 3.72. The molecule has 1 unspecified atom stereocenters. The van der Waals surface area contributed by atoms with Gasteiger partial charge in [0, 0.05) is 5.92 Å². The Hall–Kier alpha value is -1.30. The maximum Gasteiger partial charge on any atom is 0.179 e. The van der Waals surface area contributed by atoms with E-state index >= 15 is 0 Å². The zero-order valence-electron chi connectivity index (χ0n) is 10.7. The van der Waals surface area contributed by atoms with Crippen LogP contribution in [0.4, 0.5) is 0 Å². The lowest BCUT2D eigenvalue weighted by atomic mass is 9.90. The summed E-state index contributed by atoms with van der Waals surface area (Å²) >= 11 is 0. The molecule has 0 radical (unpaired) electrons. The van der Waals surface area contributed by atoms with E-state index in [4.69, 9.17) is 10.00 Å². The molecule has 0 rings (SSSR count). The van der Waals surface area contributed by atoms with E-state index in [1.165, 1.54) is 7.11 Å². The SMILES string of the molecule is CCCCC(CC)C(=O)C(C#N)=C(C)OC. The molecule has 0 saturated carbocycles. The molecular formula is C13H21NO2. The van der Waals surface area contributed by atoms with Gasteiger partial charge in [-0.2, -0.15) is 5.26 Å². The van der Waals surface area contributed by atoms with Gasteiger partial charge in [0.25, 0.3) is 0 Å². The molecule has 0 aliphatic carbocycles. The fourth-order valence-corrected chi connectivity index (χ4v) is 1.58. The van der Waals surface area contributed by atoms with Crippen molar-refractivity contribution in [2.75, 3.05) is 7.11 Å². The minimum atomic E-state index is -0.0715. The van der Waals surface area contributed by atoms with Crippen LogP contribution in [0.1, 0.15) is 46.5 Å². The average Bonchev–Trinajstić information content (AvgIpc) is 2.30. The molecule has 90 valence electrons. The number of rotatable bonds is 7. The van der Waals surface area contributed by atoms with Crippen molar-refractivity contribution in [3.05, 3.63) is 11.3 Å². The Kier molecular flexibility index (Phi) is 7.28. The number of ketones is 1. The van der Waals surface area contributed by atoms with E-state index in [0.29, 0.717) is 5.76 Å². The Morgan fingerprint density at radius 2 is 2.06 bits per heavy atom. The molecule has 0 amide bonds. The fraction of sp³-hybridized carbons (Fsp3) is 0.692. The number of nitriles is 1.